The minimum absolute atomic E-state index is 0.0600. The van der Waals surface area contributed by atoms with Gasteiger partial charge in [-0.1, -0.05) is 18.2 Å². The normalized spacial score (nSPS) is 17.3. The lowest BCUT2D eigenvalue weighted by molar-refractivity contribution is 0.0318. The number of aryl methyl sites for hydroxylation is 1. The molecule has 1 aromatic heterocycles. The molecule has 1 aromatic carbocycles. The molecule has 5 nitrogen and oxygen atoms in total. The molecule has 0 bridgehead atoms. The van der Waals surface area contributed by atoms with E-state index in [1.54, 1.807) is 6.07 Å². The summed E-state index contributed by atoms with van der Waals surface area (Å²) in [6.45, 7) is 3.79. The van der Waals surface area contributed by atoms with Crippen LogP contribution in [0.4, 0.5) is 0 Å². The molecule has 2 heterocycles. The van der Waals surface area contributed by atoms with Gasteiger partial charge in [0.1, 0.15) is 5.69 Å². The molecule has 1 aliphatic rings. The zero-order valence-electron chi connectivity index (χ0n) is 13.0. The van der Waals surface area contributed by atoms with Gasteiger partial charge in [-0.3, -0.25) is 0 Å². The highest BCUT2D eigenvalue weighted by atomic mass is 16.5. The van der Waals surface area contributed by atoms with Crippen LogP contribution in [0, 0.1) is 6.92 Å². The third-order valence-electron chi connectivity index (χ3n) is 3.79. The van der Waals surface area contributed by atoms with Gasteiger partial charge in [0.2, 0.25) is 0 Å². The quantitative estimate of drug-likeness (QED) is 0.919. The minimum atomic E-state index is -1.02. The van der Waals surface area contributed by atoms with Gasteiger partial charge in [-0.15, -0.1) is 0 Å². The minimum Gasteiger partial charge on any atom is -0.477 e. The fourth-order valence-electron chi connectivity index (χ4n) is 2.60. The maximum atomic E-state index is 11.2. The van der Waals surface area contributed by atoms with Crippen molar-refractivity contribution in [3.63, 3.8) is 0 Å². The highest BCUT2D eigenvalue weighted by Gasteiger charge is 2.16. The van der Waals surface area contributed by atoms with Crippen molar-refractivity contribution in [2.75, 3.05) is 13.2 Å². The molecule has 1 aliphatic heterocycles. The Morgan fingerprint density at radius 3 is 3.00 bits per heavy atom. The van der Waals surface area contributed by atoms with Crippen molar-refractivity contribution in [3.8, 4) is 11.3 Å². The highest BCUT2D eigenvalue weighted by Crippen LogP contribution is 2.21. The number of ether oxygens (including phenoxy) is 2. The summed E-state index contributed by atoms with van der Waals surface area (Å²) >= 11 is 0. The summed E-state index contributed by atoms with van der Waals surface area (Å²) in [6, 6.07) is 11.3. The van der Waals surface area contributed by atoms with Gasteiger partial charge in [-0.05, 0) is 42.7 Å². The van der Waals surface area contributed by atoms with Crippen molar-refractivity contribution in [2.45, 2.75) is 26.1 Å². The average Bonchev–Trinajstić information content (AvgIpc) is 3.06. The first kappa shape index (κ1) is 15.6. The van der Waals surface area contributed by atoms with Crippen molar-refractivity contribution in [2.24, 2.45) is 0 Å². The van der Waals surface area contributed by atoms with E-state index < -0.39 is 5.97 Å². The Bertz CT molecular complexity index is 708. The van der Waals surface area contributed by atoms with Gasteiger partial charge in [0.25, 0.3) is 0 Å². The molecule has 3 rings (SSSR count). The Morgan fingerprint density at radius 1 is 1.39 bits per heavy atom. The number of nitrogens with zero attached hydrogens (tertiary/aromatic N) is 1. The molecule has 0 amide bonds. The smallest absolute Gasteiger partial charge is 0.354 e. The fraction of sp³-hybridized carbons (Fsp3) is 0.333. The van der Waals surface area contributed by atoms with E-state index >= 15 is 0 Å². The lowest BCUT2D eigenvalue weighted by atomic mass is 10.1. The molecule has 0 aliphatic carbocycles. The van der Waals surface area contributed by atoms with E-state index in [0.29, 0.717) is 18.9 Å². The summed E-state index contributed by atoms with van der Waals surface area (Å²) in [5.41, 5.74) is 3.52. The van der Waals surface area contributed by atoms with Gasteiger partial charge in [-0.25, -0.2) is 9.78 Å². The monoisotopic (exact) mass is 313 g/mol. The van der Waals surface area contributed by atoms with Crippen LogP contribution in [0.25, 0.3) is 11.3 Å². The van der Waals surface area contributed by atoms with E-state index in [9.17, 15) is 4.79 Å². The SMILES string of the molecule is Cc1cc(C(=O)O)nc(-c2cccc(COC3CCOC3)c2)c1. The summed E-state index contributed by atoms with van der Waals surface area (Å²) in [6.07, 6.45) is 1.09. The molecular formula is C18H19NO4. The number of rotatable bonds is 5. The zero-order valence-corrected chi connectivity index (χ0v) is 13.0. The van der Waals surface area contributed by atoms with Crippen LogP contribution < -0.4 is 0 Å². The highest BCUT2D eigenvalue weighted by molar-refractivity contribution is 5.86. The van der Waals surface area contributed by atoms with E-state index in [1.165, 1.54) is 0 Å². The van der Waals surface area contributed by atoms with E-state index in [0.717, 1.165) is 29.7 Å². The molecule has 0 radical (unpaired) electrons. The predicted octanol–water partition coefficient (Wildman–Crippen LogP) is 3.06. The van der Waals surface area contributed by atoms with Crippen LogP contribution in [0.1, 0.15) is 28.0 Å². The van der Waals surface area contributed by atoms with Crippen molar-refractivity contribution < 1.29 is 19.4 Å². The zero-order chi connectivity index (χ0) is 16.2. The summed E-state index contributed by atoms with van der Waals surface area (Å²) in [7, 11) is 0. The molecule has 0 spiro atoms. The van der Waals surface area contributed by atoms with Crippen LogP contribution in [0.2, 0.25) is 0 Å². The molecule has 2 aromatic rings. The van der Waals surface area contributed by atoms with Crippen LogP contribution in [-0.2, 0) is 16.1 Å². The van der Waals surface area contributed by atoms with Crippen LogP contribution >= 0.6 is 0 Å². The van der Waals surface area contributed by atoms with Gasteiger partial charge < -0.3 is 14.6 Å². The lowest BCUT2D eigenvalue weighted by Gasteiger charge is -2.11. The molecule has 23 heavy (non-hydrogen) atoms. The molecule has 120 valence electrons. The number of pyridine rings is 1. The Balaban J connectivity index is 1.80. The molecule has 5 heteroatoms. The maximum Gasteiger partial charge on any atom is 0.354 e. The van der Waals surface area contributed by atoms with E-state index in [4.69, 9.17) is 14.6 Å². The summed E-state index contributed by atoms with van der Waals surface area (Å²) in [5.74, 6) is -1.02. The van der Waals surface area contributed by atoms with Crippen LogP contribution in [0.5, 0.6) is 0 Å². The molecular weight excluding hydrogens is 294 g/mol. The number of aromatic nitrogens is 1. The first-order valence-electron chi connectivity index (χ1n) is 7.62. The Hall–Kier alpha value is -2.24. The van der Waals surface area contributed by atoms with E-state index in [2.05, 4.69) is 4.98 Å². The molecule has 1 N–H and O–H groups in total. The number of hydrogen-bond acceptors (Lipinski definition) is 4. The first-order chi connectivity index (χ1) is 11.1. The van der Waals surface area contributed by atoms with Gasteiger partial charge >= 0.3 is 5.97 Å². The third kappa shape index (κ3) is 3.94. The summed E-state index contributed by atoms with van der Waals surface area (Å²) in [5, 5.41) is 9.15. The van der Waals surface area contributed by atoms with Gasteiger partial charge in [-0.2, -0.15) is 0 Å². The number of aromatic carboxylic acids is 1. The number of hydrogen-bond donors (Lipinski definition) is 1. The van der Waals surface area contributed by atoms with E-state index in [1.807, 2.05) is 37.3 Å². The largest absolute Gasteiger partial charge is 0.477 e. The van der Waals surface area contributed by atoms with Gasteiger partial charge in [0.15, 0.2) is 0 Å². The van der Waals surface area contributed by atoms with Gasteiger partial charge in [0, 0.05) is 12.2 Å². The van der Waals surface area contributed by atoms with Crippen LogP contribution in [0.15, 0.2) is 36.4 Å². The second kappa shape index (κ2) is 6.89. The number of carboxylic acids is 1. The number of benzene rings is 1. The first-order valence-corrected chi connectivity index (χ1v) is 7.62. The van der Waals surface area contributed by atoms with Crippen LogP contribution in [0.3, 0.4) is 0 Å². The topological polar surface area (TPSA) is 68.7 Å². The van der Waals surface area contributed by atoms with E-state index in [-0.39, 0.29) is 11.8 Å². The fourth-order valence-corrected chi connectivity index (χ4v) is 2.60. The van der Waals surface area contributed by atoms with Crippen LogP contribution in [-0.4, -0.2) is 35.4 Å². The molecule has 1 saturated heterocycles. The number of carboxylic acid groups (broad SMARTS) is 1. The number of carbonyl (C=O) groups is 1. The molecule has 1 atom stereocenters. The van der Waals surface area contributed by atoms with Crippen molar-refractivity contribution in [1.29, 1.82) is 0 Å². The lowest BCUT2D eigenvalue weighted by Crippen LogP contribution is -2.11. The Labute approximate surface area is 134 Å². The molecule has 0 saturated carbocycles. The Kier molecular flexibility index (Phi) is 4.69. The van der Waals surface area contributed by atoms with Crippen molar-refractivity contribution >= 4 is 5.97 Å². The second-order valence-electron chi connectivity index (χ2n) is 5.72. The summed E-state index contributed by atoms with van der Waals surface area (Å²) < 4.78 is 11.1. The summed E-state index contributed by atoms with van der Waals surface area (Å²) in [4.78, 5) is 15.4. The van der Waals surface area contributed by atoms with Crippen molar-refractivity contribution in [3.05, 3.63) is 53.2 Å². The standard InChI is InChI=1S/C18H19NO4/c1-12-7-16(19-17(8-12)18(20)21)14-4-2-3-13(9-14)10-23-15-5-6-22-11-15/h2-4,7-9,15H,5-6,10-11H2,1H3,(H,20,21). The predicted molar refractivity (Wildman–Crippen MR) is 85.4 cm³/mol. The molecule has 1 unspecified atom stereocenters. The molecule has 1 fully saturated rings. The average molecular weight is 313 g/mol. The van der Waals surface area contributed by atoms with Gasteiger partial charge in [0.05, 0.1) is 25.0 Å². The Morgan fingerprint density at radius 2 is 2.26 bits per heavy atom. The third-order valence-corrected chi connectivity index (χ3v) is 3.79. The second-order valence-corrected chi connectivity index (χ2v) is 5.72. The maximum absolute atomic E-state index is 11.2. The van der Waals surface area contributed by atoms with Crippen molar-refractivity contribution in [1.82, 2.24) is 4.98 Å².